The Morgan fingerprint density at radius 2 is 2.00 bits per heavy atom. The first-order valence-corrected chi connectivity index (χ1v) is 5.85. The minimum absolute atomic E-state index is 0.102. The zero-order valence-electron chi connectivity index (χ0n) is 9.47. The topological polar surface area (TPSA) is 62.6 Å². The molecule has 1 heterocycles. The highest BCUT2D eigenvalue weighted by Gasteiger charge is 2.20. The van der Waals surface area contributed by atoms with Gasteiger partial charge in [0.1, 0.15) is 11.9 Å². The van der Waals surface area contributed by atoms with Crippen LogP contribution in [0.5, 0.6) is 5.88 Å². The quantitative estimate of drug-likeness (QED) is 0.758. The largest absolute Gasteiger partial charge is 0.491 e. The van der Waals surface area contributed by atoms with Crippen LogP contribution < -0.4 is 10.2 Å². The Kier molecular flexibility index (Phi) is 3.96. The fourth-order valence-electron chi connectivity index (χ4n) is 2.05. The molecule has 2 rings (SSSR count). The maximum Gasteiger partial charge on any atom is 0.491 e. The summed E-state index contributed by atoms with van der Waals surface area (Å²) in [4.78, 5) is 3.80. The first kappa shape index (κ1) is 12.3. The lowest BCUT2D eigenvalue weighted by Crippen LogP contribution is -2.33. The Morgan fingerprint density at radius 1 is 1.29 bits per heavy atom. The molecule has 1 aliphatic carbocycles. The van der Waals surface area contributed by atoms with Gasteiger partial charge in [-0.25, -0.2) is 9.37 Å². The molecule has 0 radical (unpaired) electrons. The average molecular weight is 239 g/mol. The number of aromatic nitrogens is 1. The molecule has 0 aliphatic heterocycles. The molecule has 0 saturated heterocycles. The van der Waals surface area contributed by atoms with Crippen molar-refractivity contribution in [3.05, 3.63) is 18.1 Å². The normalized spacial score (nSPS) is 16.9. The molecule has 92 valence electrons. The molecular weight excluding hydrogens is 224 g/mol. The van der Waals surface area contributed by atoms with Crippen LogP contribution in [0.3, 0.4) is 0 Å². The predicted octanol–water partition coefficient (Wildman–Crippen LogP) is 0.612. The molecule has 0 aromatic carbocycles. The Labute approximate surface area is 99.6 Å². The summed E-state index contributed by atoms with van der Waals surface area (Å²) in [7, 11) is -1.84. The van der Waals surface area contributed by atoms with E-state index in [1.54, 1.807) is 0 Å². The van der Waals surface area contributed by atoms with Crippen molar-refractivity contribution in [1.82, 2.24) is 4.98 Å². The first-order chi connectivity index (χ1) is 8.16. The Hall–Kier alpha value is -1.14. The minimum Gasteiger partial charge on any atom is -0.474 e. The summed E-state index contributed by atoms with van der Waals surface area (Å²) in [6.07, 6.45) is 6.46. The molecule has 1 aromatic heterocycles. The summed E-state index contributed by atoms with van der Waals surface area (Å²) < 4.78 is 18.8. The summed E-state index contributed by atoms with van der Waals surface area (Å²) in [6, 6.07) is 1.24. The molecule has 1 fully saturated rings. The van der Waals surface area contributed by atoms with Crippen LogP contribution in [0, 0.1) is 5.82 Å². The Bertz CT molecular complexity index is 383. The highest BCUT2D eigenvalue weighted by atomic mass is 19.1. The van der Waals surface area contributed by atoms with Crippen molar-refractivity contribution < 1.29 is 19.2 Å². The van der Waals surface area contributed by atoms with Gasteiger partial charge in [-0.2, -0.15) is 0 Å². The molecule has 0 atom stereocenters. The second-order valence-electron chi connectivity index (χ2n) is 4.30. The fourth-order valence-corrected chi connectivity index (χ4v) is 2.05. The van der Waals surface area contributed by atoms with Crippen LogP contribution in [0.15, 0.2) is 12.3 Å². The van der Waals surface area contributed by atoms with E-state index < -0.39 is 12.9 Å². The molecule has 6 heteroatoms. The van der Waals surface area contributed by atoms with E-state index in [9.17, 15) is 4.39 Å². The minimum atomic E-state index is -1.84. The summed E-state index contributed by atoms with van der Waals surface area (Å²) in [6.45, 7) is 0. The number of ether oxygens (including phenoxy) is 1. The molecule has 4 nitrogen and oxygen atoms in total. The molecular formula is C11H15BFNO3. The number of hydrogen-bond acceptors (Lipinski definition) is 4. The lowest BCUT2D eigenvalue weighted by atomic mass is 9.80. The van der Waals surface area contributed by atoms with Crippen molar-refractivity contribution in [2.45, 2.75) is 38.2 Å². The van der Waals surface area contributed by atoms with Gasteiger partial charge >= 0.3 is 7.12 Å². The maximum atomic E-state index is 13.2. The third-order valence-corrected chi connectivity index (χ3v) is 2.98. The predicted molar refractivity (Wildman–Crippen MR) is 61.5 cm³/mol. The number of halogens is 1. The Balaban J connectivity index is 2.07. The molecule has 1 aliphatic rings. The smallest absolute Gasteiger partial charge is 0.474 e. The van der Waals surface area contributed by atoms with Crippen LogP contribution in [-0.4, -0.2) is 28.3 Å². The molecule has 1 aromatic rings. The summed E-state index contributed by atoms with van der Waals surface area (Å²) in [5, 5.41) is 17.9. The van der Waals surface area contributed by atoms with Crippen molar-refractivity contribution in [2.75, 3.05) is 0 Å². The lowest BCUT2D eigenvalue weighted by molar-refractivity contribution is 0.148. The van der Waals surface area contributed by atoms with Crippen molar-refractivity contribution in [3.8, 4) is 5.88 Å². The molecule has 17 heavy (non-hydrogen) atoms. The van der Waals surface area contributed by atoms with Gasteiger partial charge in [-0.05, 0) is 25.7 Å². The SMILES string of the molecule is OB(O)c1cc(OC2CCCCC2)ncc1F. The van der Waals surface area contributed by atoms with Gasteiger partial charge in [-0.15, -0.1) is 0 Å². The molecule has 0 spiro atoms. The van der Waals surface area contributed by atoms with Gasteiger partial charge in [-0.3, -0.25) is 0 Å². The highest BCUT2D eigenvalue weighted by molar-refractivity contribution is 6.58. The van der Waals surface area contributed by atoms with Crippen LogP contribution in [0.4, 0.5) is 4.39 Å². The average Bonchev–Trinajstić information content (AvgIpc) is 2.32. The van der Waals surface area contributed by atoms with Gasteiger partial charge < -0.3 is 14.8 Å². The fraction of sp³-hybridized carbons (Fsp3) is 0.545. The van der Waals surface area contributed by atoms with Crippen molar-refractivity contribution in [3.63, 3.8) is 0 Å². The molecule has 2 N–H and O–H groups in total. The molecule has 1 saturated carbocycles. The number of pyridine rings is 1. The number of hydrogen-bond donors (Lipinski definition) is 2. The maximum absolute atomic E-state index is 13.2. The summed E-state index contributed by atoms with van der Waals surface area (Å²) >= 11 is 0. The van der Waals surface area contributed by atoms with Crippen LogP contribution in [0.25, 0.3) is 0 Å². The number of rotatable bonds is 3. The van der Waals surface area contributed by atoms with Crippen LogP contribution >= 0.6 is 0 Å². The van der Waals surface area contributed by atoms with Crippen molar-refractivity contribution >= 4 is 12.6 Å². The zero-order valence-corrected chi connectivity index (χ0v) is 9.47. The molecule has 0 amide bonds. The first-order valence-electron chi connectivity index (χ1n) is 5.85. The van der Waals surface area contributed by atoms with Crippen molar-refractivity contribution in [2.24, 2.45) is 0 Å². The lowest BCUT2D eigenvalue weighted by Gasteiger charge is -2.22. The van der Waals surface area contributed by atoms with Gasteiger partial charge in [0.15, 0.2) is 0 Å². The van der Waals surface area contributed by atoms with E-state index in [1.807, 2.05) is 0 Å². The van der Waals surface area contributed by atoms with E-state index in [-0.39, 0.29) is 17.4 Å². The summed E-state index contributed by atoms with van der Waals surface area (Å²) in [5.41, 5.74) is -0.203. The summed E-state index contributed by atoms with van der Waals surface area (Å²) in [5.74, 6) is -0.489. The van der Waals surface area contributed by atoms with Gasteiger partial charge in [-0.1, -0.05) is 6.42 Å². The van der Waals surface area contributed by atoms with E-state index >= 15 is 0 Å². The molecule has 0 unspecified atom stereocenters. The second-order valence-corrected chi connectivity index (χ2v) is 4.30. The molecule has 0 bridgehead atoms. The zero-order chi connectivity index (χ0) is 12.3. The van der Waals surface area contributed by atoms with E-state index in [0.717, 1.165) is 31.9 Å². The van der Waals surface area contributed by atoms with Crippen LogP contribution in [0.2, 0.25) is 0 Å². The second kappa shape index (κ2) is 5.47. The van der Waals surface area contributed by atoms with E-state index in [4.69, 9.17) is 14.8 Å². The van der Waals surface area contributed by atoms with Gasteiger partial charge in [0.25, 0.3) is 0 Å². The monoisotopic (exact) mass is 239 g/mol. The number of nitrogens with zero attached hydrogens (tertiary/aromatic N) is 1. The van der Waals surface area contributed by atoms with E-state index in [0.29, 0.717) is 0 Å². The highest BCUT2D eigenvalue weighted by Crippen LogP contribution is 2.21. The third-order valence-electron chi connectivity index (χ3n) is 2.98. The van der Waals surface area contributed by atoms with E-state index in [2.05, 4.69) is 4.98 Å². The third kappa shape index (κ3) is 3.17. The van der Waals surface area contributed by atoms with Gasteiger partial charge in [0.2, 0.25) is 5.88 Å². The van der Waals surface area contributed by atoms with Crippen LogP contribution in [0.1, 0.15) is 32.1 Å². The van der Waals surface area contributed by atoms with Gasteiger partial charge in [0.05, 0.1) is 6.20 Å². The van der Waals surface area contributed by atoms with E-state index in [1.165, 1.54) is 12.5 Å². The Morgan fingerprint density at radius 3 is 2.65 bits per heavy atom. The van der Waals surface area contributed by atoms with Gasteiger partial charge in [0, 0.05) is 11.5 Å². The van der Waals surface area contributed by atoms with Crippen LogP contribution in [-0.2, 0) is 0 Å². The standard InChI is InChI=1S/C11H15BFNO3/c13-10-7-14-11(6-9(10)12(15)16)17-8-4-2-1-3-5-8/h6-8,15-16H,1-5H2. The van der Waals surface area contributed by atoms with Crippen molar-refractivity contribution in [1.29, 1.82) is 0 Å².